The zero-order valence-electron chi connectivity index (χ0n) is 21.5. The molecule has 0 unspecified atom stereocenters. The van der Waals surface area contributed by atoms with Crippen LogP contribution < -0.4 is 0 Å². The van der Waals surface area contributed by atoms with Crippen molar-refractivity contribution < 1.29 is 6.85 Å². The highest BCUT2D eigenvalue weighted by atomic mass is 32.1. The van der Waals surface area contributed by atoms with Crippen LogP contribution in [0.15, 0.2) is 48.7 Å². The average molecular weight is 389 g/mol. The Morgan fingerprint density at radius 2 is 1.79 bits per heavy atom. The van der Waals surface area contributed by atoms with Gasteiger partial charge in [0, 0.05) is 44.2 Å². The highest BCUT2D eigenvalue weighted by molar-refractivity contribution is 7.19. The molecule has 1 nitrogen and oxygen atoms in total. The van der Waals surface area contributed by atoms with Crippen molar-refractivity contribution >= 4 is 53.9 Å². The van der Waals surface area contributed by atoms with E-state index in [1.807, 2.05) is 45.9 Å². The van der Waals surface area contributed by atoms with Crippen molar-refractivity contribution in [3.8, 4) is 0 Å². The Bertz CT molecular complexity index is 1570. The number of fused-ring (bicyclic) bond motifs is 8. The molecule has 0 aliphatic heterocycles. The number of nitrogens with zero attached hydrogens (tertiary/aromatic N) is 1. The van der Waals surface area contributed by atoms with Crippen molar-refractivity contribution in [2.75, 3.05) is 0 Å². The Morgan fingerprint density at radius 1 is 1.00 bits per heavy atom. The van der Waals surface area contributed by atoms with Crippen LogP contribution in [0.25, 0.3) is 42.5 Å². The summed E-state index contributed by atoms with van der Waals surface area (Å²) in [5.41, 5.74) is 1.000. The number of pyridine rings is 1. The van der Waals surface area contributed by atoms with E-state index in [1.54, 1.807) is 17.4 Å². The minimum absolute atomic E-state index is 0.191. The van der Waals surface area contributed by atoms with Gasteiger partial charge in [-0.05, 0) is 59.6 Å². The normalized spacial score (nSPS) is 16.2. The first-order chi connectivity index (χ1) is 15.3. The van der Waals surface area contributed by atoms with Crippen LogP contribution in [0.4, 0.5) is 0 Å². The molecule has 0 N–H and O–H groups in total. The van der Waals surface area contributed by atoms with Crippen LogP contribution in [0.5, 0.6) is 0 Å². The Kier molecular flexibility index (Phi) is 2.77. The second-order valence-corrected chi connectivity index (χ2v) is 9.69. The lowest BCUT2D eigenvalue weighted by molar-refractivity contribution is 0.412. The van der Waals surface area contributed by atoms with Crippen LogP contribution >= 0.6 is 11.3 Å². The number of rotatable bonds is 1. The van der Waals surface area contributed by atoms with E-state index < -0.39 is 18.6 Å². The highest BCUT2D eigenvalue weighted by Crippen LogP contribution is 2.44. The van der Waals surface area contributed by atoms with E-state index in [-0.39, 0.29) is 5.56 Å². The third-order valence-electron chi connectivity index (χ3n) is 5.16. The molecule has 0 atom stereocenters. The SMILES string of the molecule is [2H]C([2H])([2H])c1cnc2c3ccccc3c3ccc4sc(C)c(C([2H])([2H])C(C)(C)C)c4c3c2c1. The summed E-state index contributed by atoms with van der Waals surface area (Å²) in [5.74, 6) is 0. The highest BCUT2D eigenvalue weighted by Gasteiger charge is 2.21. The first kappa shape index (κ1) is 12.9. The van der Waals surface area contributed by atoms with Crippen molar-refractivity contribution in [3.63, 3.8) is 0 Å². The van der Waals surface area contributed by atoms with Crippen molar-refractivity contribution in [1.82, 2.24) is 4.98 Å². The molecule has 28 heavy (non-hydrogen) atoms. The standard InChI is InChI=1S/C26H25NS/c1-15-12-20-23-18(17-8-6-7-9-19(17)25(20)27-14-15)10-11-22-24(23)21(16(2)28-22)13-26(3,4)5/h6-12,14H,13H2,1-5H3/i1D3,13D2. The summed E-state index contributed by atoms with van der Waals surface area (Å²) >= 11 is 1.59. The zero-order chi connectivity index (χ0) is 23.9. The Hall–Kier alpha value is -2.45. The summed E-state index contributed by atoms with van der Waals surface area (Å²) < 4.78 is 43.1. The second kappa shape index (κ2) is 6.02. The molecule has 0 aliphatic rings. The number of benzene rings is 3. The smallest absolute Gasteiger partial charge is 0.0787 e. The molecule has 0 saturated heterocycles. The molecule has 0 saturated carbocycles. The van der Waals surface area contributed by atoms with Gasteiger partial charge in [0.2, 0.25) is 0 Å². The minimum atomic E-state index is -2.28. The summed E-state index contributed by atoms with van der Waals surface area (Å²) in [5, 5.41) is 5.49. The molecule has 5 aromatic rings. The Labute approximate surface area is 177 Å². The summed E-state index contributed by atoms with van der Waals surface area (Å²) in [6.45, 7) is 5.46. The second-order valence-electron chi connectivity index (χ2n) is 8.44. The fourth-order valence-electron chi connectivity index (χ4n) is 4.13. The number of aryl methyl sites for hydroxylation is 2. The molecule has 5 rings (SSSR count). The minimum Gasteiger partial charge on any atom is -0.255 e. The maximum absolute atomic E-state index is 9.11. The summed E-state index contributed by atoms with van der Waals surface area (Å²) in [4.78, 5) is 5.57. The van der Waals surface area contributed by atoms with Crippen LogP contribution in [-0.4, -0.2) is 4.98 Å². The van der Waals surface area contributed by atoms with Crippen LogP contribution in [0.1, 0.15) is 43.6 Å². The molecule has 2 heteroatoms. The first-order valence-electron chi connectivity index (χ1n) is 12.0. The monoisotopic (exact) mass is 388 g/mol. The summed E-state index contributed by atoms with van der Waals surface area (Å²) in [6.07, 6.45) is -0.140. The van der Waals surface area contributed by atoms with E-state index in [0.29, 0.717) is 5.56 Å². The van der Waals surface area contributed by atoms with Gasteiger partial charge in [0.1, 0.15) is 0 Å². The van der Waals surface area contributed by atoms with E-state index in [2.05, 4.69) is 23.2 Å². The summed E-state index contributed by atoms with van der Waals surface area (Å²) in [6, 6.07) is 13.9. The molecular formula is C26H25NS. The van der Waals surface area contributed by atoms with Gasteiger partial charge in [-0.15, -0.1) is 11.3 Å². The molecule has 3 aromatic carbocycles. The third kappa shape index (κ3) is 2.62. The number of aromatic nitrogens is 1. The van der Waals surface area contributed by atoms with Crippen LogP contribution in [0.3, 0.4) is 0 Å². The molecule has 0 spiro atoms. The average Bonchev–Trinajstić information content (AvgIpc) is 3.08. The van der Waals surface area contributed by atoms with Crippen molar-refractivity contribution in [1.29, 1.82) is 0 Å². The van der Waals surface area contributed by atoms with E-state index in [0.717, 1.165) is 47.4 Å². The molecule has 0 amide bonds. The van der Waals surface area contributed by atoms with E-state index in [9.17, 15) is 0 Å². The van der Waals surface area contributed by atoms with E-state index in [4.69, 9.17) is 6.85 Å². The van der Waals surface area contributed by atoms with Crippen molar-refractivity contribution in [2.45, 2.75) is 40.9 Å². The Morgan fingerprint density at radius 3 is 2.54 bits per heavy atom. The third-order valence-corrected chi connectivity index (χ3v) is 6.23. The fourth-order valence-corrected chi connectivity index (χ4v) is 5.16. The van der Waals surface area contributed by atoms with Crippen LogP contribution in [-0.2, 0) is 6.37 Å². The zero-order valence-corrected chi connectivity index (χ0v) is 17.3. The topological polar surface area (TPSA) is 12.9 Å². The van der Waals surface area contributed by atoms with Gasteiger partial charge in [0.25, 0.3) is 0 Å². The lowest BCUT2D eigenvalue weighted by Crippen LogP contribution is -2.09. The molecule has 0 aliphatic carbocycles. The number of hydrogen-bond donors (Lipinski definition) is 0. The maximum atomic E-state index is 9.11. The van der Waals surface area contributed by atoms with Gasteiger partial charge in [-0.25, -0.2) is 0 Å². The van der Waals surface area contributed by atoms with Gasteiger partial charge in [0.15, 0.2) is 0 Å². The molecule has 140 valence electrons. The number of hydrogen-bond acceptors (Lipinski definition) is 2. The predicted octanol–water partition coefficient (Wildman–Crippen LogP) is 7.96. The predicted molar refractivity (Wildman–Crippen MR) is 125 cm³/mol. The van der Waals surface area contributed by atoms with E-state index >= 15 is 0 Å². The molecule has 0 bridgehead atoms. The van der Waals surface area contributed by atoms with E-state index in [1.165, 1.54) is 6.20 Å². The number of thiophene rings is 1. The molecule has 0 radical (unpaired) electrons. The summed E-state index contributed by atoms with van der Waals surface area (Å²) in [7, 11) is 0. The lowest BCUT2D eigenvalue weighted by atomic mass is 9.85. The fraction of sp³-hybridized carbons (Fsp3) is 0.269. The van der Waals surface area contributed by atoms with Gasteiger partial charge in [-0.2, -0.15) is 0 Å². The van der Waals surface area contributed by atoms with Crippen LogP contribution in [0.2, 0.25) is 0 Å². The van der Waals surface area contributed by atoms with Gasteiger partial charge in [-0.1, -0.05) is 51.1 Å². The molecular weight excluding hydrogens is 358 g/mol. The van der Waals surface area contributed by atoms with Gasteiger partial charge in [-0.3, -0.25) is 4.98 Å². The molecule has 0 fully saturated rings. The lowest BCUT2D eigenvalue weighted by Gasteiger charge is -2.19. The molecule has 2 aromatic heterocycles. The van der Waals surface area contributed by atoms with Gasteiger partial charge < -0.3 is 0 Å². The molecule has 2 heterocycles. The largest absolute Gasteiger partial charge is 0.255 e. The van der Waals surface area contributed by atoms with Crippen molar-refractivity contribution in [2.24, 2.45) is 5.41 Å². The van der Waals surface area contributed by atoms with Gasteiger partial charge in [0.05, 0.1) is 5.52 Å². The van der Waals surface area contributed by atoms with Gasteiger partial charge >= 0.3 is 0 Å². The maximum Gasteiger partial charge on any atom is 0.0787 e. The van der Waals surface area contributed by atoms with Crippen LogP contribution in [0, 0.1) is 19.2 Å². The first-order valence-corrected chi connectivity index (χ1v) is 10.3. The Balaban J connectivity index is 2.11. The quantitative estimate of drug-likeness (QED) is 0.265. The van der Waals surface area contributed by atoms with Crippen molar-refractivity contribution in [3.05, 3.63) is 64.7 Å².